The first kappa shape index (κ1) is 18.0. The minimum absolute atomic E-state index is 0.264. The lowest BCUT2D eigenvalue weighted by Crippen LogP contribution is -2.14. The molecule has 0 atom stereocenters. The van der Waals surface area contributed by atoms with Crippen LogP contribution in [0.1, 0.15) is 23.0 Å². The number of carbonyl (C=O) groups excluding carboxylic acids is 1. The molecule has 0 spiro atoms. The van der Waals surface area contributed by atoms with Crippen molar-refractivity contribution in [2.24, 2.45) is 0 Å². The summed E-state index contributed by atoms with van der Waals surface area (Å²) in [7, 11) is 0. The van der Waals surface area contributed by atoms with Crippen LogP contribution in [0.2, 0.25) is 0 Å². The molecule has 1 aromatic heterocycles. The van der Waals surface area contributed by atoms with E-state index in [1.54, 1.807) is 42.6 Å². The molecule has 1 amide bonds. The first-order valence-electron chi connectivity index (χ1n) is 8.46. The Hall–Kier alpha value is -3.85. The van der Waals surface area contributed by atoms with Gasteiger partial charge in [-0.15, -0.1) is 0 Å². The SMILES string of the molecule is CCOc1ccc(Nc2ccc(C(=O)Nc3ccccc3C#N)nc2)cc1. The Bertz CT molecular complexity index is 961. The number of amides is 1. The number of rotatable bonds is 6. The van der Waals surface area contributed by atoms with E-state index < -0.39 is 0 Å². The number of nitrogens with one attached hydrogen (secondary N) is 2. The van der Waals surface area contributed by atoms with Crippen LogP contribution in [0.4, 0.5) is 17.1 Å². The summed E-state index contributed by atoms with van der Waals surface area (Å²) in [6, 6.07) is 19.9. The smallest absolute Gasteiger partial charge is 0.274 e. The molecule has 0 saturated heterocycles. The van der Waals surface area contributed by atoms with E-state index in [0.29, 0.717) is 17.9 Å². The predicted molar refractivity (Wildman–Crippen MR) is 104 cm³/mol. The third-order valence-electron chi connectivity index (χ3n) is 3.75. The first-order chi connectivity index (χ1) is 13.2. The minimum Gasteiger partial charge on any atom is -0.494 e. The summed E-state index contributed by atoms with van der Waals surface area (Å²) in [5, 5.41) is 15.0. The van der Waals surface area contributed by atoms with Crippen molar-refractivity contribution in [1.82, 2.24) is 4.98 Å². The average Bonchev–Trinajstić information content (AvgIpc) is 2.70. The largest absolute Gasteiger partial charge is 0.494 e. The van der Waals surface area contributed by atoms with Crippen LogP contribution >= 0.6 is 0 Å². The van der Waals surface area contributed by atoms with E-state index >= 15 is 0 Å². The lowest BCUT2D eigenvalue weighted by molar-refractivity contribution is 0.102. The van der Waals surface area contributed by atoms with E-state index in [0.717, 1.165) is 17.1 Å². The maximum atomic E-state index is 12.3. The van der Waals surface area contributed by atoms with E-state index in [-0.39, 0.29) is 11.6 Å². The van der Waals surface area contributed by atoms with Gasteiger partial charge in [0.1, 0.15) is 17.5 Å². The van der Waals surface area contributed by atoms with Gasteiger partial charge in [0.2, 0.25) is 0 Å². The number of anilines is 3. The molecule has 0 saturated carbocycles. The maximum Gasteiger partial charge on any atom is 0.274 e. The monoisotopic (exact) mass is 358 g/mol. The van der Waals surface area contributed by atoms with Gasteiger partial charge in [0, 0.05) is 5.69 Å². The predicted octanol–water partition coefficient (Wildman–Crippen LogP) is 4.35. The van der Waals surface area contributed by atoms with Crippen molar-refractivity contribution in [1.29, 1.82) is 5.26 Å². The van der Waals surface area contributed by atoms with Gasteiger partial charge in [-0.3, -0.25) is 4.79 Å². The second kappa shape index (κ2) is 8.50. The summed E-state index contributed by atoms with van der Waals surface area (Å²) in [5.74, 6) is 0.441. The molecule has 2 aromatic carbocycles. The molecule has 0 aliphatic carbocycles. The molecule has 3 rings (SSSR count). The molecule has 2 N–H and O–H groups in total. The molecule has 6 nitrogen and oxygen atoms in total. The Balaban J connectivity index is 1.66. The number of aromatic nitrogens is 1. The number of nitrogens with zero attached hydrogens (tertiary/aromatic N) is 2. The summed E-state index contributed by atoms with van der Waals surface area (Å²) >= 11 is 0. The lowest BCUT2D eigenvalue weighted by Gasteiger charge is -2.09. The van der Waals surface area contributed by atoms with E-state index in [1.807, 2.05) is 37.3 Å². The Kier molecular flexibility index (Phi) is 5.65. The highest BCUT2D eigenvalue weighted by atomic mass is 16.5. The van der Waals surface area contributed by atoms with Gasteiger partial charge < -0.3 is 15.4 Å². The van der Waals surface area contributed by atoms with E-state index in [4.69, 9.17) is 10.00 Å². The van der Waals surface area contributed by atoms with Crippen molar-refractivity contribution in [3.63, 3.8) is 0 Å². The minimum atomic E-state index is -0.370. The molecule has 27 heavy (non-hydrogen) atoms. The van der Waals surface area contributed by atoms with Gasteiger partial charge in [0.15, 0.2) is 0 Å². The van der Waals surface area contributed by atoms with Crippen LogP contribution < -0.4 is 15.4 Å². The molecule has 0 unspecified atom stereocenters. The first-order valence-corrected chi connectivity index (χ1v) is 8.46. The van der Waals surface area contributed by atoms with Crippen molar-refractivity contribution in [2.75, 3.05) is 17.2 Å². The maximum absolute atomic E-state index is 12.3. The van der Waals surface area contributed by atoms with Gasteiger partial charge in [-0.25, -0.2) is 4.98 Å². The summed E-state index contributed by atoms with van der Waals surface area (Å²) in [5.41, 5.74) is 2.77. The summed E-state index contributed by atoms with van der Waals surface area (Å²) < 4.78 is 5.41. The zero-order valence-corrected chi connectivity index (χ0v) is 14.8. The van der Waals surface area contributed by atoms with Crippen molar-refractivity contribution in [2.45, 2.75) is 6.92 Å². The van der Waals surface area contributed by atoms with Gasteiger partial charge in [0.25, 0.3) is 5.91 Å². The fourth-order valence-corrected chi connectivity index (χ4v) is 2.45. The molecule has 1 heterocycles. The number of pyridine rings is 1. The molecule has 134 valence electrons. The molecule has 0 aliphatic rings. The lowest BCUT2D eigenvalue weighted by atomic mass is 10.2. The van der Waals surface area contributed by atoms with Crippen LogP contribution in [0.5, 0.6) is 5.75 Å². The summed E-state index contributed by atoms with van der Waals surface area (Å²) in [6.07, 6.45) is 1.58. The average molecular weight is 358 g/mol. The Morgan fingerprint density at radius 3 is 2.48 bits per heavy atom. The summed E-state index contributed by atoms with van der Waals surface area (Å²) in [4.78, 5) is 16.5. The van der Waals surface area contributed by atoms with E-state index in [9.17, 15) is 4.79 Å². The van der Waals surface area contributed by atoms with E-state index in [1.165, 1.54) is 0 Å². The zero-order valence-electron chi connectivity index (χ0n) is 14.8. The normalized spacial score (nSPS) is 9.93. The van der Waals surface area contributed by atoms with Crippen LogP contribution in [-0.2, 0) is 0 Å². The number of hydrogen-bond acceptors (Lipinski definition) is 5. The molecular weight excluding hydrogens is 340 g/mol. The van der Waals surface area contributed by atoms with Crippen molar-refractivity contribution >= 4 is 23.0 Å². The van der Waals surface area contributed by atoms with E-state index in [2.05, 4.69) is 15.6 Å². The molecule has 6 heteroatoms. The quantitative estimate of drug-likeness (QED) is 0.684. The molecule has 3 aromatic rings. The van der Waals surface area contributed by atoms with Crippen molar-refractivity contribution in [3.05, 3.63) is 78.1 Å². The second-order valence-corrected chi connectivity index (χ2v) is 5.63. The molecule has 0 radical (unpaired) electrons. The van der Waals surface area contributed by atoms with Gasteiger partial charge in [-0.2, -0.15) is 5.26 Å². The van der Waals surface area contributed by atoms with Crippen molar-refractivity contribution < 1.29 is 9.53 Å². The third kappa shape index (κ3) is 4.61. The van der Waals surface area contributed by atoms with Crippen LogP contribution in [0.3, 0.4) is 0 Å². The number of para-hydroxylation sites is 1. The molecule has 0 fully saturated rings. The Morgan fingerprint density at radius 2 is 1.81 bits per heavy atom. The highest BCUT2D eigenvalue weighted by Gasteiger charge is 2.10. The molecular formula is C21H18N4O2. The third-order valence-corrected chi connectivity index (χ3v) is 3.75. The molecule has 0 bridgehead atoms. The number of carbonyl (C=O) groups is 1. The number of hydrogen-bond donors (Lipinski definition) is 2. The second-order valence-electron chi connectivity index (χ2n) is 5.63. The van der Waals surface area contributed by atoms with Gasteiger partial charge in [-0.1, -0.05) is 12.1 Å². The zero-order chi connectivity index (χ0) is 19.1. The Morgan fingerprint density at radius 1 is 1.07 bits per heavy atom. The van der Waals surface area contributed by atoms with Crippen LogP contribution in [-0.4, -0.2) is 17.5 Å². The highest BCUT2D eigenvalue weighted by Crippen LogP contribution is 2.20. The van der Waals surface area contributed by atoms with Crippen LogP contribution in [0, 0.1) is 11.3 Å². The van der Waals surface area contributed by atoms with Gasteiger partial charge in [-0.05, 0) is 55.5 Å². The highest BCUT2D eigenvalue weighted by molar-refractivity contribution is 6.03. The fourth-order valence-electron chi connectivity index (χ4n) is 2.45. The number of ether oxygens (including phenoxy) is 1. The topological polar surface area (TPSA) is 87.0 Å². The number of benzene rings is 2. The standard InChI is InChI=1S/C21H18N4O2/c1-2-27-18-10-7-16(8-11-18)24-17-9-12-20(23-14-17)21(26)25-19-6-4-3-5-15(19)13-22/h3-12,14,24H,2H2,1H3,(H,25,26). The number of nitriles is 1. The van der Waals surface area contributed by atoms with Gasteiger partial charge >= 0.3 is 0 Å². The van der Waals surface area contributed by atoms with Crippen molar-refractivity contribution in [3.8, 4) is 11.8 Å². The van der Waals surface area contributed by atoms with Crippen LogP contribution in [0.25, 0.3) is 0 Å². The summed E-state index contributed by atoms with van der Waals surface area (Å²) in [6.45, 7) is 2.56. The van der Waals surface area contributed by atoms with Crippen LogP contribution in [0.15, 0.2) is 66.9 Å². The Labute approximate surface area is 157 Å². The molecule has 0 aliphatic heterocycles. The van der Waals surface area contributed by atoms with Gasteiger partial charge in [0.05, 0.1) is 29.7 Å². The fraction of sp³-hybridized carbons (Fsp3) is 0.0952.